The van der Waals surface area contributed by atoms with Crippen LogP contribution in [0.4, 0.5) is 0 Å². The van der Waals surface area contributed by atoms with E-state index in [0.717, 1.165) is 31.7 Å². The quantitative estimate of drug-likeness (QED) is 0.760. The number of benzene rings is 1. The third kappa shape index (κ3) is 6.17. The van der Waals surface area contributed by atoms with E-state index in [-0.39, 0.29) is 17.9 Å². The van der Waals surface area contributed by atoms with E-state index in [9.17, 15) is 9.59 Å². The van der Waals surface area contributed by atoms with Crippen LogP contribution in [0.2, 0.25) is 5.02 Å². The molecule has 154 valence electrons. The van der Waals surface area contributed by atoms with Crippen molar-refractivity contribution < 1.29 is 14.3 Å². The lowest BCUT2D eigenvalue weighted by molar-refractivity contribution is -0.135. The van der Waals surface area contributed by atoms with Crippen LogP contribution in [0.15, 0.2) is 24.3 Å². The van der Waals surface area contributed by atoms with E-state index < -0.39 is 0 Å². The minimum Gasteiger partial charge on any atom is -0.379 e. The smallest absolute Gasteiger partial charge is 0.236 e. The molecule has 28 heavy (non-hydrogen) atoms. The number of hydrogen-bond acceptors (Lipinski definition) is 5. The standard InChI is InChI=1S/C20H29ClN4O3/c1-16(17-2-4-18(21)5-3-17)22-19(26)14-23-6-8-25(9-7-23)20(27)15-24-10-12-28-13-11-24/h2-5,16H,6-15H2,1H3,(H,22,26). The first-order valence-electron chi connectivity index (χ1n) is 9.86. The van der Waals surface area contributed by atoms with Crippen LogP contribution in [0.5, 0.6) is 0 Å². The zero-order chi connectivity index (χ0) is 19.9. The van der Waals surface area contributed by atoms with Crippen LogP contribution in [0.1, 0.15) is 18.5 Å². The summed E-state index contributed by atoms with van der Waals surface area (Å²) >= 11 is 5.91. The monoisotopic (exact) mass is 408 g/mol. The molecule has 1 unspecified atom stereocenters. The molecule has 1 atom stereocenters. The van der Waals surface area contributed by atoms with Crippen molar-refractivity contribution in [2.24, 2.45) is 0 Å². The zero-order valence-electron chi connectivity index (χ0n) is 16.4. The highest BCUT2D eigenvalue weighted by Crippen LogP contribution is 2.16. The van der Waals surface area contributed by atoms with E-state index in [0.29, 0.717) is 44.4 Å². The molecule has 8 heteroatoms. The summed E-state index contributed by atoms with van der Waals surface area (Å²) in [5, 5.41) is 3.71. The van der Waals surface area contributed by atoms with Crippen LogP contribution in [-0.2, 0) is 14.3 Å². The molecule has 0 aromatic heterocycles. The van der Waals surface area contributed by atoms with Gasteiger partial charge >= 0.3 is 0 Å². The minimum absolute atomic E-state index is 0.00413. The Hall–Kier alpha value is -1.67. The summed E-state index contributed by atoms with van der Waals surface area (Å²) in [6, 6.07) is 7.43. The lowest BCUT2D eigenvalue weighted by Gasteiger charge is -2.36. The SMILES string of the molecule is CC(NC(=O)CN1CCN(C(=O)CN2CCOCC2)CC1)c1ccc(Cl)cc1. The molecule has 7 nitrogen and oxygen atoms in total. The first kappa shape index (κ1) is 21.0. The first-order valence-corrected chi connectivity index (χ1v) is 10.2. The Balaban J connectivity index is 1.38. The van der Waals surface area contributed by atoms with Crippen LogP contribution in [0.25, 0.3) is 0 Å². The van der Waals surface area contributed by atoms with Gasteiger partial charge in [-0.2, -0.15) is 0 Å². The summed E-state index contributed by atoms with van der Waals surface area (Å²) in [4.78, 5) is 31.0. The number of nitrogens with zero attached hydrogens (tertiary/aromatic N) is 3. The van der Waals surface area contributed by atoms with Crippen molar-refractivity contribution in [3.05, 3.63) is 34.9 Å². The van der Waals surface area contributed by atoms with Crippen LogP contribution < -0.4 is 5.32 Å². The number of rotatable bonds is 6. The molecule has 1 aromatic rings. The van der Waals surface area contributed by atoms with Gasteiger partial charge in [0.25, 0.3) is 0 Å². The maximum Gasteiger partial charge on any atom is 0.236 e. The molecule has 1 aromatic carbocycles. The second-order valence-electron chi connectivity index (χ2n) is 7.39. The molecule has 0 aliphatic carbocycles. The second kappa shape index (κ2) is 10.2. The van der Waals surface area contributed by atoms with Crippen LogP contribution in [0, 0.1) is 0 Å². The molecule has 2 fully saturated rings. The lowest BCUT2D eigenvalue weighted by atomic mass is 10.1. The van der Waals surface area contributed by atoms with Gasteiger partial charge in [0.2, 0.25) is 11.8 Å². The molecule has 2 heterocycles. The third-order valence-corrected chi connectivity index (χ3v) is 5.55. The van der Waals surface area contributed by atoms with E-state index in [4.69, 9.17) is 16.3 Å². The molecule has 0 spiro atoms. The lowest BCUT2D eigenvalue weighted by Crippen LogP contribution is -2.53. The number of amides is 2. The second-order valence-corrected chi connectivity index (χ2v) is 7.82. The number of hydrogen-bond donors (Lipinski definition) is 1. The van der Waals surface area contributed by atoms with Crippen molar-refractivity contribution in [2.45, 2.75) is 13.0 Å². The van der Waals surface area contributed by atoms with E-state index in [2.05, 4.69) is 15.1 Å². The molecule has 0 saturated carbocycles. The van der Waals surface area contributed by atoms with E-state index in [1.54, 1.807) is 0 Å². The average Bonchev–Trinajstić information content (AvgIpc) is 2.69. The first-order chi connectivity index (χ1) is 13.5. The molecule has 3 rings (SSSR count). The molecule has 0 radical (unpaired) electrons. The molecular formula is C20H29ClN4O3. The summed E-state index contributed by atoms with van der Waals surface area (Å²) in [5.74, 6) is 0.165. The summed E-state index contributed by atoms with van der Waals surface area (Å²) < 4.78 is 5.32. The van der Waals surface area contributed by atoms with Crippen molar-refractivity contribution in [3.8, 4) is 0 Å². The average molecular weight is 409 g/mol. The summed E-state index contributed by atoms with van der Waals surface area (Å²) in [6.45, 7) is 8.58. The van der Waals surface area contributed by atoms with Gasteiger partial charge in [-0.3, -0.25) is 19.4 Å². The summed E-state index contributed by atoms with van der Waals surface area (Å²) in [5.41, 5.74) is 1.02. The highest BCUT2D eigenvalue weighted by Gasteiger charge is 2.24. The van der Waals surface area contributed by atoms with Crippen LogP contribution in [0.3, 0.4) is 0 Å². The highest BCUT2D eigenvalue weighted by molar-refractivity contribution is 6.30. The highest BCUT2D eigenvalue weighted by atomic mass is 35.5. The molecule has 2 aliphatic heterocycles. The topological polar surface area (TPSA) is 65.1 Å². The molecule has 1 N–H and O–H groups in total. The Labute approximate surface area is 171 Å². The molecule has 2 amide bonds. The van der Waals surface area contributed by atoms with Gasteiger partial charge in [-0.1, -0.05) is 23.7 Å². The largest absolute Gasteiger partial charge is 0.379 e. The van der Waals surface area contributed by atoms with Gasteiger partial charge in [-0.15, -0.1) is 0 Å². The maximum atomic E-state index is 12.5. The predicted octanol–water partition coefficient (Wildman–Crippen LogP) is 0.994. The van der Waals surface area contributed by atoms with Crippen LogP contribution >= 0.6 is 11.6 Å². The fourth-order valence-corrected chi connectivity index (χ4v) is 3.66. The summed E-state index contributed by atoms with van der Waals surface area (Å²) in [7, 11) is 0. The van der Waals surface area contributed by atoms with Crippen LogP contribution in [-0.4, -0.2) is 92.1 Å². The fourth-order valence-electron chi connectivity index (χ4n) is 3.53. The van der Waals surface area contributed by atoms with Gasteiger partial charge in [0, 0.05) is 44.3 Å². The molecule has 2 saturated heterocycles. The van der Waals surface area contributed by atoms with E-state index in [1.165, 1.54) is 0 Å². The van der Waals surface area contributed by atoms with Gasteiger partial charge in [0.05, 0.1) is 32.3 Å². The Morgan fingerprint density at radius 2 is 1.61 bits per heavy atom. The van der Waals surface area contributed by atoms with Gasteiger partial charge in [-0.25, -0.2) is 0 Å². The number of carbonyl (C=O) groups is 2. The van der Waals surface area contributed by atoms with Crippen molar-refractivity contribution in [1.29, 1.82) is 0 Å². The fraction of sp³-hybridized carbons (Fsp3) is 0.600. The Bertz CT molecular complexity index is 656. The van der Waals surface area contributed by atoms with Crippen molar-refractivity contribution in [2.75, 3.05) is 65.6 Å². The minimum atomic E-state index is -0.0684. The molecule has 2 aliphatic rings. The predicted molar refractivity (Wildman–Crippen MR) is 108 cm³/mol. The Morgan fingerprint density at radius 1 is 1.00 bits per heavy atom. The molecule has 0 bridgehead atoms. The number of nitrogens with one attached hydrogen (secondary N) is 1. The van der Waals surface area contributed by atoms with Gasteiger partial charge < -0.3 is 15.0 Å². The van der Waals surface area contributed by atoms with Crippen molar-refractivity contribution in [3.63, 3.8) is 0 Å². The normalized spacial score (nSPS) is 20.0. The number of halogens is 1. The number of piperazine rings is 1. The maximum absolute atomic E-state index is 12.5. The number of morpholine rings is 1. The number of ether oxygens (including phenoxy) is 1. The zero-order valence-corrected chi connectivity index (χ0v) is 17.2. The van der Waals surface area contributed by atoms with Gasteiger partial charge in [0.1, 0.15) is 0 Å². The van der Waals surface area contributed by atoms with Gasteiger partial charge in [0.15, 0.2) is 0 Å². The van der Waals surface area contributed by atoms with E-state index in [1.807, 2.05) is 36.1 Å². The summed E-state index contributed by atoms with van der Waals surface area (Å²) in [6.07, 6.45) is 0. The number of carbonyl (C=O) groups excluding carboxylic acids is 2. The Kier molecular flexibility index (Phi) is 7.67. The van der Waals surface area contributed by atoms with Crippen molar-refractivity contribution in [1.82, 2.24) is 20.0 Å². The molecular weight excluding hydrogens is 380 g/mol. The van der Waals surface area contributed by atoms with E-state index >= 15 is 0 Å². The third-order valence-electron chi connectivity index (χ3n) is 5.30. The Morgan fingerprint density at radius 3 is 2.25 bits per heavy atom. The van der Waals surface area contributed by atoms with Crippen molar-refractivity contribution >= 4 is 23.4 Å². The van der Waals surface area contributed by atoms with Gasteiger partial charge in [-0.05, 0) is 24.6 Å².